The zero-order valence-corrected chi connectivity index (χ0v) is 10.1. The Morgan fingerprint density at radius 2 is 1.44 bits per heavy atom. The fourth-order valence-corrected chi connectivity index (χ4v) is 3.87. The molecule has 2 aromatic carbocycles. The van der Waals surface area contributed by atoms with Gasteiger partial charge in [-0.15, -0.1) is 6.42 Å². The summed E-state index contributed by atoms with van der Waals surface area (Å²) in [7, 11) is 0. The van der Waals surface area contributed by atoms with Gasteiger partial charge in [0.15, 0.2) is 0 Å². The fraction of sp³-hybridized carbons (Fsp3) is 0. The molecular formula is C14H8S2. The van der Waals surface area contributed by atoms with Gasteiger partial charge >= 0.3 is 0 Å². The molecule has 0 amide bonds. The Bertz CT molecular complexity index is 594. The molecule has 1 aliphatic rings. The van der Waals surface area contributed by atoms with Crippen molar-refractivity contribution in [3.05, 3.63) is 48.0 Å². The number of benzene rings is 2. The van der Waals surface area contributed by atoms with Crippen LogP contribution in [0.2, 0.25) is 0 Å². The highest BCUT2D eigenvalue weighted by Gasteiger charge is 2.16. The summed E-state index contributed by atoms with van der Waals surface area (Å²) in [6.45, 7) is 0. The predicted octanol–water partition coefficient (Wildman–Crippen LogP) is 4.28. The van der Waals surface area contributed by atoms with Crippen LogP contribution in [0.1, 0.15) is 5.56 Å². The van der Waals surface area contributed by atoms with Crippen molar-refractivity contribution < 1.29 is 0 Å². The lowest BCUT2D eigenvalue weighted by Gasteiger charge is -2.17. The monoisotopic (exact) mass is 240 g/mol. The summed E-state index contributed by atoms with van der Waals surface area (Å²) in [4.78, 5) is 5.20. The quantitative estimate of drug-likeness (QED) is 0.538. The molecule has 2 heteroatoms. The molecule has 0 spiro atoms. The molecule has 2 aromatic rings. The molecule has 0 saturated heterocycles. The minimum Gasteiger partial charge on any atom is -0.115 e. The third kappa shape index (κ3) is 1.63. The second kappa shape index (κ2) is 3.93. The molecular weight excluding hydrogens is 232 g/mol. The lowest BCUT2D eigenvalue weighted by molar-refractivity contribution is 1.15. The maximum absolute atomic E-state index is 5.41. The molecule has 76 valence electrons. The standard InChI is InChI=1S/C14H8S2/c1-2-10-7-8-13-14(9-10)16-12-6-4-3-5-11(12)15-13/h1,3-9H. The van der Waals surface area contributed by atoms with Gasteiger partial charge in [-0.3, -0.25) is 0 Å². The largest absolute Gasteiger partial charge is 0.115 e. The Labute approximate surface area is 103 Å². The highest BCUT2D eigenvalue weighted by atomic mass is 32.2. The maximum atomic E-state index is 5.41. The predicted molar refractivity (Wildman–Crippen MR) is 69.1 cm³/mol. The first-order chi connectivity index (χ1) is 7.86. The van der Waals surface area contributed by atoms with Gasteiger partial charge in [-0.1, -0.05) is 41.6 Å². The minimum atomic E-state index is 0.950. The zero-order valence-electron chi connectivity index (χ0n) is 8.44. The van der Waals surface area contributed by atoms with Gasteiger partial charge in [0.2, 0.25) is 0 Å². The lowest BCUT2D eigenvalue weighted by atomic mass is 10.2. The Balaban J connectivity index is 2.09. The van der Waals surface area contributed by atoms with E-state index in [4.69, 9.17) is 6.42 Å². The zero-order chi connectivity index (χ0) is 11.0. The van der Waals surface area contributed by atoms with E-state index in [-0.39, 0.29) is 0 Å². The van der Waals surface area contributed by atoms with Crippen LogP contribution in [0.4, 0.5) is 0 Å². The summed E-state index contributed by atoms with van der Waals surface area (Å²) >= 11 is 3.61. The van der Waals surface area contributed by atoms with Crippen LogP contribution in [0.25, 0.3) is 0 Å². The molecule has 0 aliphatic carbocycles. The first-order valence-corrected chi connectivity index (χ1v) is 6.55. The van der Waals surface area contributed by atoms with Crippen molar-refractivity contribution in [3.63, 3.8) is 0 Å². The summed E-state index contributed by atoms with van der Waals surface area (Å²) in [5.74, 6) is 2.68. The Hall–Kier alpha value is -1.30. The molecule has 0 fully saturated rings. The second-order valence-corrected chi connectivity index (χ2v) is 5.62. The summed E-state index contributed by atoms with van der Waals surface area (Å²) in [6, 6.07) is 14.7. The van der Waals surface area contributed by atoms with Crippen LogP contribution in [-0.4, -0.2) is 0 Å². The van der Waals surface area contributed by atoms with Gasteiger partial charge in [0.05, 0.1) is 0 Å². The second-order valence-electron chi connectivity index (χ2n) is 3.46. The average molecular weight is 240 g/mol. The number of hydrogen-bond donors (Lipinski definition) is 0. The Morgan fingerprint density at radius 3 is 2.12 bits per heavy atom. The van der Waals surface area contributed by atoms with Crippen LogP contribution in [0, 0.1) is 12.3 Å². The van der Waals surface area contributed by atoms with E-state index in [2.05, 4.69) is 42.3 Å². The van der Waals surface area contributed by atoms with Crippen LogP contribution in [0.3, 0.4) is 0 Å². The van der Waals surface area contributed by atoms with Gasteiger partial charge in [0.25, 0.3) is 0 Å². The van der Waals surface area contributed by atoms with Crippen molar-refractivity contribution in [1.82, 2.24) is 0 Å². The number of terminal acetylenes is 1. The number of fused-ring (bicyclic) bond motifs is 2. The number of rotatable bonds is 0. The topological polar surface area (TPSA) is 0 Å². The van der Waals surface area contributed by atoms with E-state index in [0.29, 0.717) is 0 Å². The molecule has 0 atom stereocenters. The third-order valence-corrected chi connectivity index (χ3v) is 4.94. The van der Waals surface area contributed by atoms with Crippen LogP contribution in [-0.2, 0) is 0 Å². The van der Waals surface area contributed by atoms with Crippen LogP contribution in [0.15, 0.2) is 62.0 Å². The van der Waals surface area contributed by atoms with Gasteiger partial charge in [-0.05, 0) is 30.3 Å². The SMILES string of the molecule is C#Cc1ccc2c(c1)Sc1ccccc1S2. The normalized spacial score (nSPS) is 12.4. The van der Waals surface area contributed by atoms with E-state index in [1.165, 1.54) is 19.6 Å². The molecule has 0 radical (unpaired) electrons. The van der Waals surface area contributed by atoms with Crippen LogP contribution < -0.4 is 0 Å². The molecule has 0 nitrogen and oxygen atoms in total. The van der Waals surface area contributed by atoms with Gasteiger partial charge in [-0.25, -0.2) is 0 Å². The van der Waals surface area contributed by atoms with Crippen molar-refractivity contribution in [3.8, 4) is 12.3 Å². The minimum absolute atomic E-state index is 0.950. The van der Waals surface area contributed by atoms with E-state index in [9.17, 15) is 0 Å². The van der Waals surface area contributed by atoms with E-state index < -0.39 is 0 Å². The molecule has 0 bridgehead atoms. The highest BCUT2D eigenvalue weighted by molar-refractivity contribution is 8.05. The summed E-state index contributed by atoms with van der Waals surface area (Å²) in [6.07, 6.45) is 5.41. The highest BCUT2D eigenvalue weighted by Crippen LogP contribution is 2.48. The number of hydrogen-bond acceptors (Lipinski definition) is 2. The van der Waals surface area contributed by atoms with Gasteiger partial charge < -0.3 is 0 Å². The van der Waals surface area contributed by atoms with Crippen molar-refractivity contribution >= 4 is 23.5 Å². The van der Waals surface area contributed by atoms with E-state index >= 15 is 0 Å². The molecule has 1 aliphatic heterocycles. The van der Waals surface area contributed by atoms with Gasteiger partial charge in [-0.2, -0.15) is 0 Å². The summed E-state index contributed by atoms with van der Waals surface area (Å²) in [5, 5.41) is 0. The summed E-state index contributed by atoms with van der Waals surface area (Å²) < 4.78 is 0. The molecule has 0 aromatic heterocycles. The third-order valence-electron chi connectivity index (χ3n) is 2.40. The van der Waals surface area contributed by atoms with Gasteiger partial charge in [0, 0.05) is 25.1 Å². The van der Waals surface area contributed by atoms with Gasteiger partial charge in [0.1, 0.15) is 0 Å². The molecule has 3 rings (SSSR count). The van der Waals surface area contributed by atoms with Crippen molar-refractivity contribution in [2.75, 3.05) is 0 Å². The van der Waals surface area contributed by atoms with Crippen LogP contribution in [0.5, 0.6) is 0 Å². The Morgan fingerprint density at radius 1 is 0.812 bits per heavy atom. The van der Waals surface area contributed by atoms with E-state index in [1.807, 2.05) is 17.8 Å². The molecule has 1 heterocycles. The maximum Gasteiger partial charge on any atom is 0.0274 e. The first kappa shape index (κ1) is 9.89. The molecule has 0 unspecified atom stereocenters. The molecule has 16 heavy (non-hydrogen) atoms. The summed E-state index contributed by atoms with van der Waals surface area (Å²) in [5.41, 5.74) is 0.950. The average Bonchev–Trinajstić information content (AvgIpc) is 2.35. The smallest absolute Gasteiger partial charge is 0.0274 e. The fourth-order valence-electron chi connectivity index (χ4n) is 1.62. The van der Waals surface area contributed by atoms with E-state index in [1.54, 1.807) is 11.8 Å². The van der Waals surface area contributed by atoms with Crippen molar-refractivity contribution in [1.29, 1.82) is 0 Å². The van der Waals surface area contributed by atoms with Crippen molar-refractivity contribution in [2.24, 2.45) is 0 Å². The first-order valence-electron chi connectivity index (χ1n) is 4.92. The van der Waals surface area contributed by atoms with Crippen LogP contribution >= 0.6 is 23.5 Å². The molecule has 0 saturated carbocycles. The van der Waals surface area contributed by atoms with E-state index in [0.717, 1.165) is 5.56 Å². The molecule has 0 N–H and O–H groups in total. The van der Waals surface area contributed by atoms with Crippen molar-refractivity contribution in [2.45, 2.75) is 19.6 Å². The lowest BCUT2D eigenvalue weighted by Crippen LogP contribution is -1.89. The Kier molecular flexibility index (Phi) is 2.43.